The Morgan fingerprint density at radius 1 is 1.04 bits per heavy atom. The minimum absolute atomic E-state index is 0.0340. The van der Waals surface area contributed by atoms with Gasteiger partial charge in [-0.05, 0) is 12.3 Å². The molecule has 0 radical (unpaired) electrons. The Morgan fingerprint density at radius 3 is 2.61 bits per heavy atom. The molecule has 46 heavy (non-hydrogen) atoms. The van der Waals surface area contributed by atoms with Crippen molar-refractivity contribution in [2.24, 2.45) is 11.3 Å². The van der Waals surface area contributed by atoms with Gasteiger partial charge >= 0.3 is 14.6 Å². The van der Waals surface area contributed by atoms with Gasteiger partial charge in [0.1, 0.15) is 35.5 Å². The quantitative estimate of drug-likeness (QED) is 0.106. The van der Waals surface area contributed by atoms with E-state index in [1.807, 2.05) is 0 Å². The summed E-state index contributed by atoms with van der Waals surface area (Å²) in [5.41, 5.74) is 10.6. The molecule has 4 aromatic heterocycles. The Hall–Kier alpha value is -2.62. The van der Waals surface area contributed by atoms with Crippen LogP contribution in [-0.2, 0) is 27.2 Å². The van der Waals surface area contributed by atoms with Crippen molar-refractivity contribution in [3.63, 3.8) is 0 Å². The maximum absolute atomic E-state index is 13.6. The summed E-state index contributed by atoms with van der Waals surface area (Å²) in [6.45, 7) is -5.11. The number of nitrogens with zero attached hydrogens (tertiary/aromatic N) is 7. The molecule has 2 unspecified atom stereocenters. The first-order valence-corrected chi connectivity index (χ1v) is 18.9. The van der Waals surface area contributed by atoms with E-state index in [0.717, 1.165) is 11.8 Å². The molecule has 246 valence electrons. The molecule has 2 saturated carbocycles. The second-order valence-corrected chi connectivity index (χ2v) is 17.2. The molecule has 4 fully saturated rings. The SMILES string of the molecule is Nc1nc2c(ncn2[C@@H]2S[C@@H]3CO[P@](=O)(S)O[C@H]4[C@@H](O)[C@H](n5cnc6c(N)ncnc65)C5C[C@]54COP(=O)(O)O[C@@H]2[C@@H]3O)c(=O)[nH]1. The van der Waals surface area contributed by atoms with Crippen molar-refractivity contribution in [3.8, 4) is 0 Å². The number of imidazole rings is 2. The van der Waals surface area contributed by atoms with Crippen LogP contribution in [0.25, 0.3) is 22.3 Å². The first kappa shape index (κ1) is 30.7. The molecule has 2 aliphatic heterocycles. The lowest BCUT2D eigenvalue weighted by Crippen LogP contribution is -2.37. The largest absolute Gasteiger partial charge is 0.472 e. The van der Waals surface area contributed by atoms with E-state index in [2.05, 4.69) is 42.2 Å². The van der Waals surface area contributed by atoms with Crippen LogP contribution in [0, 0.1) is 11.3 Å². The third-order valence-corrected chi connectivity index (χ3v) is 13.1. The van der Waals surface area contributed by atoms with E-state index in [-0.39, 0.29) is 22.9 Å². The number of thioether (sulfide) groups is 1. The number of hydrogen-bond donors (Lipinski definition) is 7. The van der Waals surface area contributed by atoms with Gasteiger partial charge in [0.2, 0.25) is 5.95 Å². The van der Waals surface area contributed by atoms with Gasteiger partial charge in [-0.2, -0.15) is 4.98 Å². The fourth-order valence-electron chi connectivity index (χ4n) is 6.81. The molecular formula is C22H26N10O10P2S2. The van der Waals surface area contributed by atoms with Crippen molar-refractivity contribution >= 4 is 72.7 Å². The predicted octanol–water partition coefficient (Wildman–Crippen LogP) is -0.0238. The van der Waals surface area contributed by atoms with Crippen LogP contribution in [0.5, 0.6) is 0 Å². The summed E-state index contributed by atoms with van der Waals surface area (Å²) in [6.07, 6.45) is -1.18. The molecule has 2 saturated heterocycles. The molecule has 0 aromatic carbocycles. The van der Waals surface area contributed by atoms with Crippen molar-refractivity contribution < 1.29 is 42.3 Å². The zero-order valence-electron chi connectivity index (χ0n) is 23.2. The lowest BCUT2D eigenvalue weighted by molar-refractivity contribution is -0.0224. The summed E-state index contributed by atoms with van der Waals surface area (Å²) < 4.78 is 52.7. The van der Waals surface area contributed by atoms with Crippen LogP contribution in [0.2, 0.25) is 0 Å². The Balaban J connectivity index is 1.14. The monoisotopic (exact) mass is 716 g/mol. The minimum Gasteiger partial charge on any atom is -0.389 e. The predicted molar refractivity (Wildman–Crippen MR) is 162 cm³/mol. The van der Waals surface area contributed by atoms with Crippen LogP contribution < -0.4 is 17.0 Å². The number of aromatic nitrogens is 8. The Bertz CT molecular complexity index is 2050. The number of phosphoric ester groups is 1. The number of nitrogens with two attached hydrogens (primary N) is 2. The number of rotatable bonds is 2. The summed E-state index contributed by atoms with van der Waals surface area (Å²) >= 11 is 5.19. The summed E-state index contributed by atoms with van der Waals surface area (Å²) in [5.74, 6) is -0.480. The second kappa shape index (κ2) is 10.4. The molecule has 4 aromatic rings. The van der Waals surface area contributed by atoms with Gasteiger partial charge in [0.15, 0.2) is 22.6 Å². The Morgan fingerprint density at radius 2 is 1.80 bits per heavy atom. The molecule has 0 amide bonds. The van der Waals surface area contributed by atoms with E-state index in [1.165, 1.54) is 23.5 Å². The topological polar surface area (TPSA) is 291 Å². The molecule has 8 N–H and O–H groups in total. The van der Waals surface area contributed by atoms with Crippen LogP contribution >= 0.6 is 38.6 Å². The van der Waals surface area contributed by atoms with Crippen molar-refractivity contribution in [2.75, 3.05) is 24.7 Å². The molecule has 1 spiro atoms. The standard InChI is InChI=1S/C22H26N10O10P2S2/c23-16-9-17(26-4-25-16)31(5-27-9)11-7-1-22(7)3-40-43(36,37)41-14-12(33)8(2-39-44(38,45)42-15(22)13(11)34)46-20(14)32-6-28-10-18(32)29-21(24)30-19(10)35/h4-8,11-15,20,33-34H,1-3H2,(H,36,37)(H,38,45)(H2,23,25,26)(H3,24,29,30,35)/t7?,8-,11-,12-,13+,14-,15+,20-,22+,44+/m1/s1. The molecule has 11 atom stereocenters. The Kier molecular flexibility index (Phi) is 6.97. The summed E-state index contributed by atoms with van der Waals surface area (Å²) in [5, 5.41) is 20.9. The smallest absolute Gasteiger partial charge is 0.389 e. The number of aliphatic hydroxyl groups excluding tert-OH is 2. The van der Waals surface area contributed by atoms with Crippen LogP contribution in [-0.4, -0.2) is 97.0 Å². The third-order valence-electron chi connectivity index (χ3n) is 8.96. The van der Waals surface area contributed by atoms with Gasteiger partial charge in [-0.15, -0.1) is 11.8 Å². The lowest BCUT2D eigenvalue weighted by atomic mass is 10.0. The molecular weight excluding hydrogens is 690 g/mol. The number of aromatic amines is 1. The highest BCUT2D eigenvalue weighted by molar-refractivity contribution is 8.44. The van der Waals surface area contributed by atoms with Crippen LogP contribution in [0.3, 0.4) is 0 Å². The summed E-state index contributed by atoms with van der Waals surface area (Å²) in [4.78, 5) is 46.3. The zero-order valence-corrected chi connectivity index (χ0v) is 26.7. The van der Waals surface area contributed by atoms with Crippen LogP contribution in [0.4, 0.5) is 11.8 Å². The van der Waals surface area contributed by atoms with Gasteiger partial charge in [-0.3, -0.25) is 32.4 Å². The van der Waals surface area contributed by atoms with Gasteiger partial charge in [-0.1, -0.05) is 12.2 Å². The number of H-pyrrole nitrogens is 1. The lowest BCUT2D eigenvalue weighted by Gasteiger charge is -2.30. The third kappa shape index (κ3) is 4.73. The zero-order chi connectivity index (χ0) is 32.3. The highest BCUT2D eigenvalue weighted by Gasteiger charge is 2.74. The van der Waals surface area contributed by atoms with Gasteiger partial charge in [0.25, 0.3) is 5.56 Å². The van der Waals surface area contributed by atoms with E-state index < -0.39 is 85.8 Å². The molecule has 20 nitrogen and oxygen atoms in total. The number of hydrogen-bond acceptors (Lipinski definition) is 17. The molecule has 2 bridgehead atoms. The van der Waals surface area contributed by atoms with Crippen molar-refractivity contribution in [1.29, 1.82) is 0 Å². The summed E-state index contributed by atoms with van der Waals surface area (Å²) in [6, 6.07) is -0.733. The number of nitrogens with one attached hydrogen (secondary N) is 1. The van der Waals surface area contributed by atoms with Crippen molar-refractivity contribution in [1.82, 2.24) is 39.0 Å². The fourth-order valence-corrected chi connectivity index (χ4v) is 11.0. The molecule has 4 aliphatic rings. The number of fused-ring (bicyclic) bond motifs is 4. The van der Waals surface area contributed by atoms with E-state index in [9.17, 15) is 29.0 Å². The number of nitrogen functional groups attached to an aromatic ring is 2. The highest BCUT2D eigenvalue weighted by atomic mass is 32.7. The second-order valence-electron chi connectivity index (χ2n) is 11.5. The van der Waals surface area contributed by atoms with E-state index in [1.54, 1.807) is 4.57 Å². The van der Waals surface area contributed by atoms with E-state index in [0.29, 0.717) is 17.6 Å². The molecule has 8 rings (SSSR count). The van der Waals surface area contributed by atoms with Gasteiger partial charge in [0.05, 0.1) is 43.3 Å². The van der Waals surface area contributed by atoms with E-state index >= 15 is 0 Å². The average Bonchev–Trinajstić information content (AvgIpc) is 3.26. The molecule has 2 aliphatic carbocycles. The number of phosphoric acid groups is 1. The van der Waals surface area contributed by atoms with Crippen LogP contribution in [0.15, 0.2) is 23.8 Å². The van der Waals surface area contributed by atoms with Gasteiger partial charge in [-0.25, -0.2) is 29.1 Å². The fraction of sp³-hybridized carbons (Fsp3) is 0.545. The first-order valence-electron chi connectivity index (χ1n) is 13.8. The summed E-state index contributed by atoms with van der Waals surface area (Å²) in [7, 11) is -4.94. The van der Waals surface area contributed by atoms with Crippen molar-refractivity contribution in [2.45, 2.75) is 47.5 Å². The van der Waals surface area contributed by atoms with Gasteiger partial charge in [0, 0.05) is 5.41 Å². The minimum atomic E-state index is -4.94. The number of thiol groups is 1. The van der Waals surface area contributed by atoms with E-state index in [4.69, 9.17) is 29.6 Å². The number of anilines is 2. The maximum Gasteiger partial charge on any atom is 0.472 e. The maximum atomic E-state index is 13.6. The molecule has 6 heterocycles. The highest BCUT2D eigenvalue weighted by Crippen LogP contribution is 2.73. The van der Waals surface area contributed by atoms with Crippen molar-refractivity contribution in [3.05, 3.63) is 29.3 Å². The first-order chi connectivity index (χ1) is 21.8. The average molecular weight is 717 g/mol. The normalized spacial score (nSPS) is 41.0. The number of aliphatic hydroxyl groups is 2. The van der Waals surface area contributed by atoms with Gasteiger partial charge < -0.3 is 31.1 Å². The van der Waals surface area contributed by atoms with Crippen LogP contribution in [0.1, 0.15) is 17.8 Å². The molecule has 24 heteroatoms. The Labute approximate surface area is 266 Å².